The molecule has 0 saturated carbocycles. The molecule has 7 nitrogen and oxygen atoms in total. The third-order valence-corrected chi connectivity index (χ3v) is 6.15. The molecule has 1 aliphatic heterocycles. The number of carbonyl (C=O) groups is 2. The van der Waals surface area contributed by atoms with Gasteiger partial charge in [-0.2, -0.15) is 0 Å². The Kier molecular flexibility index (Phi) is 5.61. The number of amides is 2. The number of nitrogens with zero attached hydrogens (tertiary/aromatic N) is 2. The van der Waals surface area contributed by atoms with Crippen molar-refractivity contribution in [1.82, 2.24) is 4.90 Å². The number of likely N-dealkylation sites (N-methyl/N-ethyl adjacent to an activating group) is 1. The van der Waals surface area contributed by atoms with Crippen molar-refractivity contribution in [3.8, 4) is 17.1 Å². The fraction of sp³-hybridized carbons (Fsp3) is 0.179. The minimum atomic E-state index is -0.854. The smallest absolute Gasteiger partial charge is 0.265 e. The molecule has 176 valence electrons. The van der Waals surface area contributed by atoms with Crippen LogP contribution in [0.4, 0.5) is 5.69 Å². The van der Waals surface area contributed by atoms with Gasteiger partial charge in [-0.25, -0.2) is 0 Å². The molecular formula is C28H24N2O5. The van der Waals surface area contributed by atoms with Crippen molar-refractivity contribution in [3.63, 3.8) is 0 Å². The number of hydrogen-bond donors (Lipinski definition) is 0. The van der Waals surface area contributed by atoms with Crippen LogP contribution in [0.2, 0.25) is 0 Å². The Morgan fingerprint density at radius 3 is 2.40 bits per heavy atom. The van der Waals surface area contributed by atoms with Gasteiger partial charge in [-0.3, -0.25) is 14.4 Å². The summed E-state index contributed by atoms with van der Waals surface area (Å²) in [5.41, 5.74) is 2.04. The molecule has 1 aromatic heterocycles. The molecule has 35 heavy (non-hydrogen) atoms. The lowest BCUT2D eigenvalue weighted by atomic mass is 10.0. The Morgan fingerprint density at radius 2 is 1.66 bits per heavy atom. The second kappa shape index (κ2) is 8.76. The number of para-hydroxylation sites is 3. The zero-order valence-corrected chi connectivity index (χ0v) is 19.6. The minimum absolute atomic E-state index is 0.0326. The third kappa shape index (κ3) is 3.85. The minimum Gasteiger partial charge on any atom is -0.476 e. The van der Waals surface area contributed by atoms with Crippen LogP contribution in [0.1, 0.15) is 15.9 Å². The molecule has 2 amide bonds. The molecule has 4 aromatic rings. The highest BCUT2D eigenvalue weighted by molar-refractivity contribution is 6.14. The van der Waals surface area contributed by atoms with Crippen molar-refractivity contribution < 1.29 is 18.7 Å². The lowest BCUT2D eigenvalue weighted by Crippen LogP contribution is -2.50. The number of fused-ring (bicyclic) bond motifs is 2. The van der Waals surface area contributed by atoms with E-state index in [9.17, 15) is 14.4 Å². The zero-order chi connectivity index (χ0) is 24.7. The predicted molar refractivity (Wildman–Crippen MR) is 134 cm³/mol. The van der Waals surface area contributed by atoms with Crippen molar-refractivity contribution in [2.24, 2.45) is 0 Å². The highest BCUT2D eigenvalue weighted by Crippen LogP contribution is 2.36. The molecule has 7 heteroatoms. The van der Waals surface area contributed by atoms with Gasteiger partial charge in [0.1, 0.15) is 11.5 Å². The fourth-order valence-corrected chi connectivity index (χ4v) is 4.33. The number of benzene rings is 3. The monoisotopic (exact) mass is 468 g/mol. The first-order valence-electron chi connectivity index (χ1n) is 11.3. The molecule has 0 fully saturated rings. The predicted octanol–water partition coefficient (Wildman–Crippen LogP) is 4.26. The van der Waals surface area contributed by atoms with Gasteiger partial charge in [0.15, 0.2) is 17.1 Å². The summed E-state index contributed by atoms with van der Waals surface area (Å²) in [5.74, 6) is 0.235. The van der Waals surface area contributed by atoms with Crippen molar-refractivity contribution in [1.29, 1.82) is 0 Å². The quantitative estimate of drug-likeness (QED) is 0.449. The molecular weight excluding hydrogens is 444 g/mol. The van der Waals surface area contributed by atoms with Gasteiger partial charge in [0.05, 0.1) is 23.2 Å². The lowest BCUT2D eigenvalue weighted by Gasteiger charge is -2.35. The standard InChI is InChI=1S/C28H24N2O5/c1-17-24(31)19-12-9-13-20(26(19)35-25(17)18-10-5-4-6-11-18)27(32)30-16-23(28(33)29(2)3)34-22-15-8-7-14-21(22)30/h4-15,23H,16H2,1-3H3. The van der Waals surface area contributed by atoms with E-state index >= 15 is 0 Å². The van der Waals surface area contributed by atoms with Gasteiger partial charge in [0.2, 0.25) is 0 Å². The summed E-state index contributed by atoms with van der Waals surface area (Å²) in [7, 11) is 3.29. The second-order valence-corrected chi connectivity index (χ2v) is 8.66. The first-order chi connectivity index (χ1) is 16.9. The van der Waals surface area contributed by atoms with Crippen LogP contribution in [0, 0.1) is 6.92 Å². The maximum atomic E-state index is 13.9. The maximum absolute atomic E-state index is 13.9. The number of anilines is 1. The molecule has 5 rings (SSSR count). The van der Waals surface area contributed by atoms with Crippen LogP contribution < -0.4 is 15.1 Å². The first kappa shape index (κ1) is 22.4. The maximum Gasteiger partial charge on any atom is 0.265 e. The summed E-state index contributed by atoms with van der Waals surface area (Å²) >= 11 is 0. The highest BCUT2D eigenvalue weighted by Gasteiger charge is 2.35. The summed E-state index contributed by atoms with van der Waals surface area (Å²) in [6.45, 7) is 1.75. The SMILES string of the molecule is Cc1c(-c2ccccc2)oc2c(C(=O)N3CC(C(=O)N(C)C)Oc4ccccc43)cccc2c1=O. The van der Waals surface area contributed by atoms with E-state index in [-0.39, 0.29) is 34.9 Å². The summed E-state index contributed by atoms with van der Waals surface area (Å²) < 4.78 is 12.2. The van der Waals surface area contributed by atoms with Crippen molar-refractivity contribution >= 4 is 28.5 Å². The van der Waals surface area contributed by atoms with Gasteiger partial charge in [-0.15, -0.1) is 0 Å². The molecule has 0 radical (unpaired) electrons. The number of ether oxygens (including phenoxy) is 1. The molecule has 1 atom stereocenters. The molecule has 0 saturated heterocycles. The number of rotatable bonds is 3. The lowest BCUT2D eigenvalue weighted by molar-refractivity contribution is -0.135. The second-order valence-electron chi connectivity index (χ2n) is 8.66. The highest BCUT2D eigenvalue weighted by atomic mass is 16.5. The first-order valence-corrected chi connectivity index (χ1v) is 11.3. The van der Waals surface area contributed by atoms with Crippen LogP contribution in [0.3, 0.4) is 0 Å². The van der Waals surface area contributed by atoms with Crippen LogP contribution in [-0.4, -0.2) is 43.5 Å². The Hall–Kier alpha value is -4.39. The van der Waals surface area contributed by atoms with Crippen LogP contribution in [-0.2, 0) is 4.79 Å². The average Bonchev–Trinajstić information content (AvgIpc) is 2.89. The van der Waals surface area contributed by atoms with Crippen LogP contribution in [0.5, 0.6) is 5.75 Å². The third-order valence-electron chi connectivity index (χ3n) is 6.15. The van der Waals surface area contributed by atoms with Crippen LogP contribution in [0.15, 0.2) is 82.0 Å². The molecule has 1 unspecified atom stereocenters. The van der Waals surface area contributed by atoms with Crippen molar-refractivity contribution in [2.45, 2.75) is 13.0 Å². The van der Waals surface area contributed by atoms with Gasteiger partial charge in [0, 0.05) is 25.2 Å². The molecule has 2 heterocycles. The normalized spacial score (nSPS) is 14.8. The largest absolute Gasteiger partial charge is 0.476 e. The van der Waals surface area contributed by atoms with Gasteiger partial charge < -0.3 is 19.0 Å². The van der Waals surface area contributed by atoms with Gasteiger partial charge in [-0.1, -0.05) is 48.5 Å². The Balaban J connectivity index is 1.66. The summed E-state index contributed by atoms with van der Waals surface area (Å²) in [6, 6.07) is 21.4. The van der Waals surface area contributed by atoms with E-state index in [0.29, 0.717) is 28.1 Å². The number of carbonyl (C=O) groups excluding carboxylic acids is 2. The van der Waals surface area contributed by atoms with E-state index < -0.39 is 6.10 Å². The van der Waals surface area contributed by atoms with E-state index in [0.717, 1.165) is 5.56 Å². The fourth-order valence-electron chi connectivity index (χ4n) is 4.33. The molecule has 3 aromatic carbocycles. The molecule has 0 aliphatic carbocycles. The van der Waals surface area contributed by atoms with Gasteiger partial charge >= 0.3 is 0 Å². The molecule has 1 aliphatic rings. The summed E-state index contributed by atoms with van der Waals surface area (Å²) in [6.07, 6.45) is -0.854. The Bertz CT molecular complexity index is 1510. The van der Waals surface area contributed by atoms with E-state index in [1.807, 2.05) is 30.3 Å². The van der Waals surface area contributed by atoms with E-state index in [1.54, 1.807) is 63.5 Å². The van der Waals surface area contributed by atoms with E-state index in [1.165, 1.54) is 9.80 Å². The Morgan fingerprint density at radius 1 is 0.943 bits per heavy atom. The van der Waals surface area contributed by atoms with Gasteiger partial charge in [-0.05, 0) is 31.2 Å². The topological polar surface area (TPSA) is 80.1 Å². The van der Waals surface area contributed by atoms with Crippen molar-refractivity contribution in [2.75, 3.05) is 25.5 Å². The van der Waals surface area contributed by atoms with Crippen LogP contribution >= 0.6 is 0 Å². The zero-order valence-electron chi connectivity index (χ0n) is 19.6. The van der Waals surface area contributed by atoms with Crippen LogP contribution in [0.25, 0.3) is 22.3 Å². The summed E-state index contributed by atoms with van der Waals surface area (Å²) in [5, 5.41) is 0.329. The molecule has 0 spiro atoms. The van der Waals surface area contributed by atoms with E-state index in [2.05, 4.69) is 0 Å². The summed E-state index contributed by atoms with van der Waals surface area (Å²) in [4.78, 5) is 42.8. The molecule has 0 bridgehead atoms. The Labute approximate surface area is 202 Å². The average molecular weight is 469 g/mol. The number of hydrogen-bond acceptors (Lipinski definition) is 5. The van der Waals surface area contributed by atoms with Crippen molar-refractivity contribution in [3.05, 3.63) is 94.1 Å². The van der Waals surface area contributed by atoms with Gasteiger partial charge in [0.25, 0.3) is 11.8 Å². The molecule has 0 N–H and O–H groups in total. The van der Waals surface area contributed by atoms with E-state index in [4.69, 9.17) is 9.15 Å².